The lowest BCUT2D eigenvalue weighted by atomic mass is 10.3. The zero-order valence-electron chi connectivity index (χ0n) is 10.6. The summed E-state index contributed by atoms with van der Waals surface area (Å²) in [7, 11) is 0. The quantitative estimate of drug-likeness (QED) is 0.380. The molecule has 1 heterocycles. The van der Waals surface area contributed by atoms with Crippen LogP contribution in [0.2, 0.25) is 0 Å². The largest absolute Gasteiger partial charge is 0.438 e. The maximum atomic E-state index is 5.80. The maximum absolute atomic E-state index is 5.80. The third-order valence-electron chi connectivity index (χ3n) is 2.30. The molecule has 3 N–H and O–H groups in total. The fourth-order valence-electron chi connectivity index (χ4n) is 1.44. The van der Waals surface area contributed by atoms with Crippen LogP contribution in [-0.2, 0) is 0 Å². The van der Waals surface area contributed by atoms with Gasteiger partial charge in [0.25, 0.3) is 0 Å². The number of nitrogen functional groups attached to an aromatic ring is 1. The smallest absolute Gasteiger partial charge is 0.225 e. The van der Waals surface area contributed by atoms with Crippen LogP contribution >= 0.6 is 23.5 Å². The minimum absolute atomic E-state index is 0.466. The Labute approximate surface area is 120 Å². The van der Waals surface area contributed by atoms with Crippen LogP contribution in [0.3, 0.4) is 0 Å². The van der Waals surface area contributed by atoms with E-state index in [0.717, 1.165) is 10.6 Å². The Morgan fingerprint density at radius 3 is 2.63 bits per heavy atom. The second-order valence-corrected chi connectivity index (χ2v) is 5.10. The Hall–Kier alpha value is -1.44. The van der Waals surface area contributed by atoms with Gasteiger partial charge in [0.05, 0.1) is 0 Å². The lowest BCUT2D eigenvalue weighted by Crippen LogP contribution is -2.09. The summed E-state index contributed by atoms with van der Waals surface area (Å²) in [6.07, 6.45) is 3.90. The van der Waals surface area contributed by atoms with E-state index in [2.05, 4.69) is 15.4 Å². The predicted octanol–water partition coefficient (Wildman–Crippen LogP) is 3.00. The highest BCUT2D eigenvalue weighted by Crippen LogP contribution is 2.31. The highest BCUT2D eigenvalue weighted by Gasteiger charge is 2.08. The van der Waals surface area contributed by atoms with Gasteiger partial charge in [0.2, 0.25) is 5.88 Å². The number of nitrogens with one attached hydrogen (secondary N) is 1. The van der Waals surface area contributed by atoms with Gasteiger partial charge in [0, 0.05) is 11.0 Å². The summed E-state index contributed by atoms with van der Waals surface area (Å²) >= 11 is 3.05. The first-order valence-electron chi connectivity index (χ1n) is 5.47. The van der Waals surface area contributed by atoms with Crippen LogP contribution in [0.15, 0.2) is 40.4 Å². The van der Waals surface area contributed by atoms with Crippen LogP contribution < -0.4 is 16.0 Å². The lowest BCUT2D eigenvalue weighted by molar-refractivity contribution is 0.446. The van der Waals surface area contributed by atoms with Crippen molar-refractivity contribution in [1.29, 1.82) is 0 Å². The van der Waals surface area contributed by atoms with Crippen LogP contribution in [0, 0.1) is 0 Å². The third kappa shape index (κ3) is 3.52. The van der Waals surface area contributed by atoms with Gasteiger partial charge in [-0.15, -0.1) is 11.8 Å². The van der Waals surface area contributed by atoms with Crippen LogP contribution in [0.1, 0.15) is 0 Å². The van der Waals surface area contributed by atoms with Crippen LogP contribution in [0.5, 0.6) is 11.6 Å². The second kappa shape index (κ2) is 6.65. The van der Waals surface area contributed by atoms with E-state index in [1.807, 2.05) is 36.8 Å². The number of nitrogens with two attached hydrogens (primary N) is 1. The summed E-state index contributed by atoms with van der Waals surface area (Å²) in [5, 5.41) is 0.604. The van der Waals surface area contributed by atoms with Crippen LogP contribution in [0.25, 0.3) is 0 Å². The molecule has 0 bridgehead atoms. The molecule has 19 heavy (non-hydrogen) atoms. The number of ether oxygens (including phenoxy) is 1. The van der Waals surface area contributed by atoms with Gasteiger partial charge in [-0.3, -0.25) is 0 Å². The van der Waals surface area contributed by atoms with Crippen molar-refractivity contribution in [3.05, 3.63) is 30.3 Å². The number of rotatable bonds is 5. The van der Waals surface area contributed by atoms with Gasteiger partial charge in [-0.1, -0.05) is 23.9 Å². The van der Waals surface area contributed by atoms with Gasteiger partial charge < -0.3 is 10.2 Å². The van der Waals surface area contributed by atoms with Gasteiger partial charge in [-0.25, -0.2) is 10.8 Å². The molecule has 1 aromatic heterocycles. The molecule has 0 fully saturated rings. The molecular weight excluding hydrogens is 280 g/mol. The summed E-state index contributed by atoms with van der Waals surface area (Å²) in [5.74, 6) is 7.14. The number of hydrogen-bond donors (Lipinski definition) is 2. The molecule has 0 aliphatic carbocycles. The van der Waals surface area contributed by atoms with Gasteiger partial charge in [0.1, 0.15) is 11.6 Å². The number of benzene rings is 1. The fraction of sp³-hybridized carbons (Fsp3) is 0.167. The second-order valence-electron chi connectivity index (χ2n) is 3.48. The van der Waals surface area contributed by atoms with E-state index in [1.165, 1.54) is 11.8 Å². The van der Waals surface area contributed by atoms with Crippen LogP contribution in [-0.4, -0.2) is 22.5 Å². The molecule has 100 valence electrons. The zero-order chi connectivity index (χ0) is 13.7. The first kappa shape index (κ1) is 14.0. The monoisotopic (exact) mass is 294 g/mol. The molecule has 0 spiro atoms. The van der Waals surface area contributed by atoms with Crippen molar-refractivity contribution in [2.24, 2.45) is 5.84 Å². The average Bonchev–Trinajstić information content (AvgIpc) is 2.47. The maximum Gasteiger partial charge on any atom is 0.225 e. The van der Waals surface area contributed by atoms with E-state index in [9.17, 15) is 0 Å². The van der Waals surface area contributed by atoms with Crippen molar-refractivity contribution in [2.75, 3.05) is 17.9 Å². The average molecular weight is 294 g/mol. The molecule has 0 aliphatic heterocycles. The molecule has 1 aromatic carbocycles. The third-order valence-corrected chi connectivity index (χ3v) is 3.62. The topological polar surface area (TPSA) is 73.1 Å². The van der Waals surface area contributed by atoms with Crippen molar-refractivity contribution in [1.82, 2.24) is 9.97 Å². The van der Waals surface area contributed by atoms with Gasteiger partial charge in [-0.2, -0.15) is 4.98 Å². The minimum Gasteiger partial charge on any atom is -0.438 e. The molecule has 5 nitrogen and oxygen atoms in total. The molecular formula is C12H14N4OS2. The Morgan fingerprint density at radius 1 is 1.16 bits per heavy atom. The minimum atomic E-state index is 0.466. The highest BCUT2D eigenvalue weighted by molar-refractivity contribution is 7.98. The summed E-state index contributed by atoms with van der Waals surface area (Å²) < 4.78 is 5.80. The van der Waals surface area contributed by atoms with E-state index < -0.39 is 0 Å². The fourth-order valence-corrected chi connectivity index (χ4v) is 2.33. The summed E-state index contributed by atoms with van der Waals surface area (Å²) in [4.78, 5) is 9.53. The summed E-state index contributed by atoms with van der Waals surface area (Å²) in [6, 6.07) is 9.46. The molecule has 0 amide bonds. The molecule has 2 rings (SSSR count). The lowest BCUT2D eigenvalue weighted by Gasteiger charge is -2.10. The molecule has 0 atom stereocenters. The molecule has 2 aromatic rings. The zero-order valence-corrected chi connectivity index (χ0v) is 12.2. The molecule has 7 heteroatoms. The van der Waals surface area contributed by atoms with E-state index in [4.69, 9.17) is 10.6 Å². The van der Waals surface area contributed by atoms with Crippen molar-refractivity contribution in [2.45, 2.75) is 10.1 Å². The van der Waals surface area contributed by atoms with E-state index in [-0.39, 0.29) is 0 Å². The number of para-hydroxylation sites is 1. The number of hydrazine groups is 1. The number of anilines is 1. The Balaban J connectivity index is 2.32. The molecule has 0 saturated carbocycles. The van der Waals surface area contributed by atoms with Crippen molar-refractivity contribution < 1.29 is 4.74 Å². The SMILES string of the molecule is CSc1nc(NN)cc(Oc2ccccc2SC)n1. The molecule has 0 unspecified atom stereocenters. The van der Waals surface area contributed by atoms with Gasteiger partial charge in [-0.05, 0) is 24.6 Å². The first-order chi connectivity index (χ1) is 9.26. The van der Waals surface area contributed by atoms with Crippen molar-refractivity contribution in [3.8, 4) is 11.6 Å². The van der Waals surface area contributed by atoms with Gasteiger partial charge in [0.15, 0.2) is 5.16 Å². The first-order valence-corrected chi connectivity index (χ1v) is 7.92. The molecule has 0 aliphatic rings. The van der Waals surface area contributed by atoms with E-state index in [1.54, 1.807) is 17.8 Å². The normalized spacial score (nSPS) is 10.3. The predicted molar refractivity (Wildman–Crippen MR) is 79.9 cm³/mol. The summed E-state index contributed by atoms with van der Waals surface area (Å²) in [5.41, 5.74) is 2.51. The Bertz CT molecular complexity index is 543. The number of hydrogen-bond acceptors (Lipinski definition) is 7. The van der Waals surface area contributed by atoms with Crippen molar-refractivity contribution >= 4 is 29.3 Å². The Morgan fingerprint density at radius 2 is 1.95 bits per heavy atom. The molecule has 0 saturated heterocycles. The number of nitrogens with zero attached hydrogens (tertiary/aromatic N) is 2. The van der Waals surface area contributed by atoms with Crippen LogP contribution in [0.4, 0.5) is 5.82 Å². The summed E-state index contributed by atoms with van der Waals surface area (Å²) in [6.45, 7) is 0. The van der Waals surface area contributed by atoms with E-state index >= 15 is 0 Å². The highest BCUT2D eigenvalue weighted by atomic mass is 32.2. The van der Waals surface area contributed by atoms with Crippen molar-refractivity contribution in [3.63, 3.8) is 0 Å². The van der Waals surface area contributed by atoms with E-state index in [0.29, 0.717) is 16.9 Å². The Kier molecular flexibility index (Phi) is 4.89. The standard InChI is InChI=1S/C12H14N4OS2/c1-18-9-6-4-3-5-8(9)17-11-7-10(16-13)14-12(15-11)19-2/h3-7H,13H2,1-2H3,(H,14,15,16). The number of thioether (sulfide) groups is 2. The molecule has 0 radical (unpaired) electrons. The number of aromatic nitrogens is 2. The van der Waals surface area contributed by atoms with Gasteiger partial charge >= 0.3 is 0 Å².